The van der Waals surface area contributed by atoms with Crippen molar-refractivity contribution in [3.63, 3.8) is 0 Å². The van der Waals surface area contributed by atoms with E-state index in [1.165, 1.54) is 61.7 Å². The Morgan fingerprint density at radius 1 is 0.919 bits per heavy atom. The summed E-state index contributed by atoms with van der Waals surface area (Å²) < 4.78 is 34.7. The molecule has 200 valence electrons. The standard InChI is InChI=1S/C27H30Cl2N2O4S.ClH/c28-22-9-12-24(13-10-22)36(33,34)31(25-19-23(29)11-14-26(25)32)20-21-7-2-3-8-27(21)35-18-6-17-30-15-4-1-5-16-30;/h2-3,7-14,19,32H,1,4-6,15-18,20H2;1H. The Labute approximate surface area is 235 Å². The number of para-hydroxylation sites is 1. The fourth-order valence-electron chi connectivity index (χ4n) is 4.31. The van der Waals surface area contributed by atoms with E-state index in [0.717, 1.165) is 30.4 Å². The van der Waals surface area contributed by atoms with Gasteiger partial charge in [0.25, 0.3) is 10.0 Å². The van der Waals surface area contributed by atoms with Crippen molar-refractivity contribution in [1.29, 1.82) is 0 Å². The van der Waals surface area contributed by atoms with E-state index in [0.29, 0.717) is 28.0 Å². The fraction of sp³-hybridized carbons (Fsp3) is 0.333. The summed E-state index contributed by atoms with van der Waals surface area (Å²) in [6.45, 7) is 3.73. The third kappa shape index (κ3) is 7.68. The summed E-state index contributed by atoms with van der Waals surface area (Å²) in [6, 6.07) is 17.6. The minimum atomic E-state index is -4.07. The highest BCUT2D eigenvalue weighted by molar-refractivity contribution is 7.92. The van der Waals surface area contributed by atoms with Gasteiger partial charge in [0, 0.05) is 22.2 Å². The topological polar surface area (TPSA) is 70.1 Å². The summed E-state index contributed by atoms with van der Waals surface area (Å²) in [4.78, 5) is 2.51. The van der Waals surface area contributed by atoms with Gasteiger partial charge < -0.3 is 14.7 Å². The van der Waals surface area contributed by atoms with Crippen LogP contribution in [0.1, 0.15) is 31.2 Å². The number of anilines is 1. The maximum absolute atomic E-state index is 13.7. The second-order valence-electron chi connectivity index (χ2n) is 8.81. The molecule has 0 atom stereocenters. The van der Waals surface area contributed by atoms with Gasteiger partial charge in [-0.3, -0.25) is 4.31 Å². The Kier molecular flexibility index (Phi) is 10.8. The fourth-order valence-corrected chi connectivity index (χ4v) is 6.05. The number of hydrogen-bond acceptors (Lipinski definition) is 5. The van der Waals surface area contributed by atoms with Gasteiger partial charge in [0.1, 0.15) is 11.5 Å². The van der Waals surface area contributed by atoms with Crippen molar-refractivity contribution in [3.05, 3.63) is 82.3 Å². The van der Waals surface area contributed by atoms with E-state index in [4.69, 9.17) is 27.9 Å². The molecule has 0 unspecified atom stereocenters. The van der Waals surface area contributed by atoms with E-state index < -0.39 is 10.0 Å². The van der Waals surface area contributed by atoms with Gasteiger partial charge in [0.15, 0.2) is 0 Å². The van der Waals surface area contributed by atoms with Crippen LogP contribution in [-0.2, 0) is 16.6 Å². The first-order valence-electron chi connectivity index (χ1n) is 12.0. The van der Waals surface area contributed by atoms with Crippen molar-refractivity contribution < 1.29 is 18.3 Å². The van der Waals surface area contributed by atoms with Crippen LogP contribution in [0.25, 0.3) is 0 Å². The van der Waals surface area contributed by atoms with E-state index in [-0.39, 0.29) is 35.3 Å². The molecule has 1 N–H and O–H groups in total. The second-order valence-corrected chi connectivity index (χ2v) is 11.5. The first kappa shape index (κ1) is 29.4. The predicted molar refractivity (Wildman–Crippen MR) is 152 cm³/mol. The molecule has 37 heavy (non-hydrogen) atoms. The number of likely N-dealkylation sites (tertiary alicyclic amines) is 1. The van der Waals surface area contributed by atoms with Crippen molar-refractivity contribution in [2.75, 3.05) is 30.5 Å². The molecular weight excluding hydrogens is 555 g/mol. The van der Waals surface area contributed by atoms with Crippen LogP contribution >= 0.6 is 35.6 Å². The van der Waals surface area contributed by atoms with Crippen LogP contribution in [0.2, 0.25) is 10.0 Å². The molecule has 4 rings (SSSR count). The zero-order chi connectivity index (χ0) is 25.5. The summed E-state index contributed by atoms with van der Waals surface area (Å²) in [7, 11) is -4.07. The average Bonchev–Trinajstić information content (AvgIpc) is 2.88. The van der Waals surface area contributed by atoms with E-state index in [9.17, 15) is 13.5 Å². The highest BCUT2D eigenvalue weighted by atomic mass is 35.5. The van der Waals surface area contributed by atoms with Gasteiger partial charge in [-0.2, -0.15) is 0 Å². The van der Waals surface area contributed by atoms with Crippen molar-refractivity contribution in [2.24, 2.45) is 0 Å². The third-order valence-corrected chi connectivity index (χ3v) is 8.48. The van der Waals surface area contributed by atoms with Crippen LogP contribution < -0.4 is 9.04 Å². The van der Waals surface area contributed by atoms with Crippen LogP contribution in [0.15, 0.2) is 71.6 Å². The summed E-state index contributed by atoms with van der Waals surface area (Å²) >= 11 is 12.2. The third-order valence-electron chi connectivity index (χ3n) is 6.22. The lowest BCUT2D eigenvalue weighted by molar-refractivity contribution is 0.204. The van der Waals surface area contributed by atoms with Gasteiger partial charge in [-0.25, -0.2) is 8.42 Å². The zero-order valence-corrected chi connectivity index (χ0v) is 23.5. The molecule has 1 heterocycles. The van der Waals surface area contributed by atoms with Crippen LogP contribution in [0, 0.1) is 0 Å². The normalized spacial score (nSPS) is 14.1. The van der Waals surface area contributed by atoms with Crippen LogP contribution in [-0.4, -0.2) is 44.7 Å². The van der Waals surface area contributed by atoms with E-state index in [1.54, 1.807) is 0 Å². The molecule has 3 aromatic carbocycles. The smallest absolute Gasteiger partial charge is 0.264 e. The van der Waals surface area contributed by atoms with Gasteiger partial charge in [-0.15, -0.1) is 12.4 Å². The number of benzene rings is 3. The number of phenols is 1. The number of nitrogens with zero attached hydrogens (tertiary/aromatic N) is 2. The Balaban J connectivity index is 0.00000380. The molecule has 0 saturated carbocycles. The molecule has 0 radical (unpaired) electrons. The minimum absolute atomic E-state index is 0. The minimum Gasteiger partial charge on any atom is -0.506 e. The molecule has 10 heteroatoms. The molecule has 3 aromatic rings. The number of ether oxygens (including phenoxy) is 1. The number of halogens is 3. The van der Waals surface area contributed by atoms with Crippen molar-refractivity contribution >= 4 is 51.3 Å². The highest BCUT2D eigenvalue weighted by Crippen LogP contribution is 2.36. The SMILES string of the molecule is Cl.O=S(=O)(c1ccc(Cl)cc1)N(Cc1ccccc1OCCCN1CCCCC1)c1cc(Cl)ccc1O. The van der Waals surface area contributed by atoms with Crippen molar-refractivity contribution in [3.8, 4) is 11.5 Å². The molecule has 1 fully saturated rings. The van der Waals surface area contributed by atoms with Crippen LogP contribution in [0.3, 0.4) is 0 Å². The van der Waals surface area contributed by atoms with E-state index >= 15 is 0 Å². The van der Waals surface area contributed by atoms with Gasteiger partial charge >= 0.3 is 0 Å². The molecule has 0 aromatic heterocycles. The number of sulfonamides is 1. The Morgan fingerprint density at radius 3 is 2.32 bits per heavy atom. The summed E-state index contributed by atoms with van der Waals surface area (Å²) in [5, 5.41) is 11.3. The predicted octanol–water partition coefficient (Wildman–Crippen LogP) is 6.77. The number of hydrogen-bond donors (Lipinski definition) is 1. The number of rotatable bonds is 10. The Morgan fingerprint density at radius 2 is 1.59 bits per heavy atom. The molecule has 1 aliphatic heterocycles. The first-order valence-corrected chi connectivity index (χ1v) is 14.2. The molecule has 0 bridgehead atoms. The highest BCUT2D eigenvalue weighted by Gasteiger charge is 2.28. The number of piperidine rings is 1. The number of phenolic OH excluding ortho intramolecular Hbond substituents is 1. The largest absolute Gasteiger partial charge is 0.506 e. The lowest BCUT2D eigenvalue weighted by Crippen LogP contribution is -2.31. The molecule has 1 aliphatic rings. The molecule has 0 spiro atoms. The van der Waals surface area contributed by atoms with Crippen LogP contribution in [0.4, 0.5) is 5.69 Å². The van der Waals surface area contributed by atoms with Gasteiger partial charge in [-0.1, -0.05) is 47.8 Å². The summed E-state index contributed by atoms with van der Waals surface area (Å²) in [5.41, 5.74) is 0.754. The van der Waals surface area contributed by atoms with Crippen molar-refractivity contribution in [1.82, 2.24) is 4.90 Å². The number of aromatic hydroxyl groups is 1. The Bertz CT molecular complexity index is 1270. The van der Waals surface area contributed by atoms with E-state index in [1.807, 2.05) is 24.3 Å². The van der Waals surface area contributed by atoms with Gasteiger partial charge in [0.2, 0.25) is 0 Å². The molecule has 0 amide bonds. The molecule has 1 saturated heterocycles. The van der Waals surface area contributed by atoms with Crippen molar-refractivity contribution in [2.45, 2.75) is 37.1 Å². The first-order chi connectivity index (χ1) is 17.3. The second kappa shape index (κ2) is 13.6. The van der Waals surface area contributed by atoms with E-state index in [2.05, 4.69) is 4.90 Å². The zero-order valence-electron chi connectivity index (χ0n) is 20.4. The van der Waals surface area contributed by atoms with Gasteiger partial charge in [0.05, 0.1) is 23.7 Å². The quantitative estimate of drug-likeness (QED) is 0.266. The Hall–Kier alpha value is -2.16. The molecule has 0 aliphatic carbocycles. The lowest BCUT2D eigenvalue weighted by atomic mass is 10.1. The van der Waals surface area contributed by atoms with Crippen LogP contribution in [0.5, 0.6) is 11.5 Å². The molecule has 6 nitrogen and oxygen atoms in total. The summed E-state index contributed by atoms with van der Waals surface area (Å²) in [6.07, 6.45) is 4.68. The maximum atomic E-state index is 13.7. The molecular formula is C27H31Cl3N2O4S. The maximum Gasteiger partial charge on any atom is 0.264 e. The summed E-state index contributed by atoms with van der Waals surface area (Å²) in [5.74, 6) is 0.408. The average molecular weight is 586 g/mol. The lowest BCUT2D eigenvalue weighted by Gasteiger charge is -2.27. The van der Waals surface area contributed by atoms with Gasteiger partial charge in [-0.05, 0) is 80.9 Å². The monoisotopic (exact) mass is 584 g/mol.